The van der Waals surface area contributed by atoms with Gasteiger partial charge in [-0.3, -0.25) is 5.01 Å². The molecule has 1 aliphatic carbocycles. The van der Waals surface area contributed by atoms with E-state index >= 15 is 0 Å². The summed E-state index contributed by atoms with van der Waals surface area (Å²) in [5, 5.41) is 8.94. The highest BCUT2D eigenvalue weighted by Gasteiger charge is 2.22. The van der Waals surface area contributed by atoms with E-state index in [-0.39, 0.29) is 0 Å². The highest BCUT2D eigenvalue weighted by atomic mass is 32.1. The minimum absolute atomic E-state index is 0.585. The SMILES string of the molecule is CCN(C(=S)NC1CCCCC1)N1CCOCC1. The maximum Gasteiger partial charge on any atom is 0.183 e. The van der Waals surface area contributed by atoms with Crippen molar-refractivity contribution >= 4 is 17.3 Å². The summed E-state index contributed by atoms with van der Waals surface area (Å²) in [6.45, 7) is 6.59. The van der Waals surface area contributed by atoms with Gasteiger partial charge in [0, 0.05) is 25.7 Å². The Morgan fingerprint density at radius 3 is 2.56 bits per heavy atom. The molecule has 1 saturated carbocycles. The molecule has 0 amide bonds. The van der Waals surface area contributed by atoms with E-state index in [1.54, 1.807) is 0 Å². The van der Waals surface area contributed by atoms with Crippen molar-refractivity contribution in [2.24, 2.45) is 0 Å². The van der Waals surface area contributed by atoms with E-state index in [4.69, 9.17) is 17.0 Å². The van der Waals surface area contributed by atoms with Crippen LogP contribution in [0.15, 0.2) is 0 Å². The Hall–Kier alpha value is -0.390. The quantitative estimate of drug-likeness (QED) is 0.790. The van der Waals surface area contributed by atoms with E-state index in [2.05, 4.69) is 22.3 Å². The molecule has 2 fully saturated rings. The van der Waals surface area contributed by atoms with Crippen LogP contribution in [0.2, 0.25) is 0 Å². The minimum Gasteiger partial charge on any atom is -0.379 e. The Kier molecular flexibility index (Phi) is 5.66. The molecule has 0 aromatic carbocycles. The number of hydrogen-bond acceptors (Lipinski definition) is 3. The van der Waals surface area contributed by atoms with Crippen LogP contribution in [0.3, 0.4) is 0 Å². The average molecular weight is 271 g/mol. The predicted octanol–water partition coefficient (Wildman–Crippen LogP) is 1.76. The van der Waals surface area contributed by atoms with E-state index in [0.717, 1.165) is 38.0 Å². The Balaban J connectivity index is 1.83. The Morgan fingerprint density at radius 1 is 1.28 bits per heavy atom. The van der Waals surface area contributed by atoms with Crippen molar-refractivity contribution in [3.63, 3.8) is 0 Å². The van der Waals surface area contributed by atoms with Gasteiger partial charge in [0.25, 0.3) is 0 Å². The molecule has 0 radical (unpaired) electrons. The van der Waals surface area contributed by atoms with E-state index in [1.165, 1.54) is 32.1 Å². The van der Waals surface area contributed by atoms with Gasteiger partial charge in [0.2, 0.25) is 0 Å². The molecule has 18 heavy (non-hydrogen) atoms. The summed E-state index contributed by atoms with van der Waals surface area (Å²) < 4.78 is 5.39. The summed E-state index contributed by atoms with van der Waals surface area (Å²) in [6, 6.07) is 0.585. The topological polar surface area (TPSA) is 27.7 Å². The van der Waals surface area contributed by atoms with E-state index < -0.39 is 0 Å². The number of nitrogens with zero attached hydrogens (tertiary/aromatic N) is 2. The average Bonchev–Trinajstić information content (AvgIpc) is 2.42. The molecular formula is C13H25N3OS. The first-order valence-electron chi connectivity index (χ1n) is 7.22. The van der Waals surface area contributed by atoms with Gasteiger partial charge in [-0.15, -0.1) is 0 Å². The number of ether oxygens (including phenoxy) is 1. The normalized spacial score (nSPS) is 22.7. The maximum absolute atomic E-state index is 5.57. The lowest BCUT2D eigenvalue weighted by Gasteiger charge is -2.39. The van der Waals surface area contributed by atoms with Crippen LogP contribution in [0.5, 0.6) is 0 Å². The van der Waals surface area contributed by atoms with Crippen molar-refractivity contribution < 1.29 is 4.74 Å². The van der Waals surface area contributed by atoms with Gasteiger partial charge in [-0.2, -0.15) is 0 Å². The van der Waals surface area contributed by atoms with Gasteiger partial charge in [-0.05, 0) is 32.0 Å². The monoisotopic (exact) mass is 271 g/mol. The predicted molar refractivity (Wildman–Crippen MR) is 77.4 cm³/mol. The molecule has 1 N–H and O–H groups in total. The van der Waals surface area contributed by atoms with Crippen molar-refractivity contribution in [2.75, 3.05) is 32.8 Å². The molecule has 0 unspecified atom stereocenters. The zero-order chi connectivity index (χ0) is 12.8. The second-order valence-electron chi connectivity index (χ2n) is 5.07. The van der Waals surface area contributed by atoms with Crippen molar-refractivity contribution in [3.05, 3.63) is 0 Å². The van der Waals surface area contributed by atoms with Crippen LogP contribution in [0.1, 0.15) is 39.0 Å². The van der Waals surface area contributed by atoms with Gasteiger partial charge in [0.15, 0.2) is 5.11 Å². The highest BCUT2D eigenvalue weighted by Crippen LogP contribution is 2.18. The second kappa shape index (κ2) is 7.26. The zero-order valence-corrected chi connectivity index (χ0v) is 12.2. The molecule has 4 nitrogen and oxygen atoms in total. The Labute approximate surface area is 116 Å². The standard InChI is InChI=1S/C13H25N3OS/c1-2-16(15-8-10-17-11-9-15)13(18)14-12-6-4-3-5-7-12/h12H,2-11H2,1H3,(H,14,18). The molecule has 0 bridgehead atoms. The van der Waals surface area contributed by atoms with E-state index in [1.807, 2.05) is 0 Å². The van der Waals surface area contributed by atoms with Gasteiger partial charge >= 0.3 is 0 Å². The first-order valence-corrected chi connectivity index (χ1v) is 7.62. The largest absolute Gasteiger partial charge is 0.379 e. The first-order chi connectivity index (χ1) is 8.81. The van der Waals surface area contributed by atoms with Gasteiger partial charge in [0.05, 0.1) is 13.2 Å². The van der Waals surface area contributed by atoms with Gasteiger partial charge in [-0.1, -0.05) is 19.3 Å². The van der Waals surface area contributed by atoms with Crippen LogP contribution < -0.4 is 5.32 Å². The van der Waals surface area contributed by atoms with Gasteiger partial charge in [0.1, 0.15) is 0 Å². The smallest absolute Gasteiger partial charge is 0.183 e. The number of morpholine rings is 1. The van der Waals surface area contributed by atoms with E-state index in [9.17, 15) is 0 Å². The van der Waals surface area contributed by atoms with Crippen LogP contribution in [0.25, 0.3) is 0 Å². The van der Waals surface area contributed by atoms with E-state index in [0.29, 0.717) is 6.04 Å². The first kappa shape index (κ1) is 14.0. The maximum atomic E-state index is 5.57. The van der Waals surface area contributed by atoms with Crippen molar-refractivity contribution in [1.82, 2.24) is 15.3 Å². The highest BCUT2D eigenvalue weighted by molar-refractivity contribution is 7.80. The van der Waals surface area contributed by atoms with Crippen LogP contribution in [0.4, 0.5) is 0 Å². The molecule has 0 spiro atoms. The molecule has 2 rings (SSSR count). The lowest BCUT2D eigenvalue weighted by molar-refractivity contribution is -0.0486. The number of hydrogen-bond donors (Lipinski definition) is 1. The van der Waals surface area contributed by atoms with Crippen molar-refractivity contribution in [2.45, 2.75) is 45.1 Å². The minimum atomic E-state index is 0.585. The van der Waals surface area contributed by atoms with Crippen LogP contribution in [0, 0.1) is 0 Å². The number of hydrazine groups is 1. The molecule has 1 aliphatic heterocycles. The second-order valence-corrected chi connectivity index (χ2v) is 5.45. The van der Waals surface area contributed by atoms with Gasteiger partial charge < -0.3 is 10.1 Å². The molecule has 104 valence electrons. The molecule has 1 saturated heterocycles. The third kappa shape index (κ3) is 3.80. The molecule has 5 heteroatoms. The van der Waals surface area contributed by atoms with Crippen molar-refractivity contribution in [3.8, 4) is 0 Å². The summed E-state index contributed by atoms with van der Waals surface area (Å²) >= 11 is 5.57. The summed E-state index contributed by atoms with van der Waals surface area (Å²) in [5.74, 6) is 0. The summed E-state index contributed by atoms with van der Waals surface area (Å²) in [7, 11) is 0. The lowest BCUT2D eigenvalue weighted by atomic mass is 9.96. The fourth-order valence-corrected chi connectivity index (χ4v) is 3.17. The zero-order valence-electron chi connectivity index (χ0n) is 11.4. The Morgan fingerprint density at radius 2 is 1.94 bits per heavy atom. The molecule has 0 aromatic rings. The third-order valence-corrected chi connectivity index (χ3v) is 4.12. The van der Waals surface area contributed by atoms with Crippen LogP contribution in [-0.4, -0.2) is 54.0 Å². The summed E-state index contributed by atoms with van der Waals surface area (Å²) in [6.07, 6.45) is 6.58. The van der Waals surface area contributed by atoms with Gasteiger partial charge in [-0.25, -0.2) is 5.01 Å². The molecular weight excluding hydrogens is 246 g/mol. The van der Waals surface area contributed by atoms with Crippen molar-refractivity contribution in [1.29, 1.82) is 0 Å². The summed E-state index contributed by atoms with van der Waals surface area (Å²) in [4.78, 5) is 0. The lowest BCUT2D eigenvalue weighted by Crippen LogP contribution is -2.56. The number of rotatable bonds is 3. The molecule has 0 aromatic heterocycles. The van der Waals surface area contributed by atoms with Crippen LogP contribution >= 0.6 is 12.2 Å². The third-order valence-electron chi connectivity index (χ3n) is 3.80. The molecule has 0 atom stereocenters. The number of nitrogens with one attached hydrogen (secondary N) is 1. The summed E-state index contributed by atoms with van der Waals surface area (Å²) in [5.41, 5.74) is 0. The van der Waals surface area contributed by atoms with Crippen LogP contribution in [-0.2, 0) is 4.74 Å². The fraction of sp³-hybridized carbons (Fsp3) is 0.923. The molecule has 1 heterocycles. The molecule has 2 aliphatic rings. The Bertz CT molecular complexity index is 263. The fourth-order valence-electron chi connectivity index (χ4n) is 2.76. The number of thiocarbonyl (C=S) groups is 1.